The van der Waals surface area contributed by atoms with Crippen molar-refractivity contribution >= 4 is 23.4 Å². The maximum atomic E-state index is 11.8. The predicted molar refractivity (Wildman–Crippen MR) is 101 cm³/mol. The van der Waals surface area contributed by atoms with Crippen LogP contribution >= 0.6 is 11.3 Å². The Bertz CT molecular complexity index is 957. The minimum Gasteiger partial charge on any atom is -0.466 e. The first-order chi connectivity index (χ1) is 12.2. The van der Waals surface area contributed by atoms with Crippen molar-refractivity contribution in [3.63, 3.8) is 0 Å². The fourth-order valence-electron chi connectivity index (χ4n) is 3.06. The highest BCUT2D eigenvalue weighted by Crippen LogP contribution is 2.32. The van der Waals surface area contributed by atoms with Gasteiger partial charge in [-0.25, -0.2) is 9.78 Å². The first kappa shape index (κ1) is 15.8. The number of aromatic nitrogens is 1. The lowest BCUT2D eigenvalue weighted by Crippen LogP contribution is -2.09. The number of thiazole rings is 1. The molecule has 4 rings (SSSR count). The third-order valence-electron chi connectivity index (χ3n) is 4.41. The van der Waals surface area contributed by atoms with Gasteiger partial charge in [0.1, 0.15) is 5.01 Å². The Morgan fingerprint density at radius 3 is 2.72 bits per heavy atom. The topological polar surface area (TPSA) is 39.2 Å². The second kappa shape index (κ2) is 6.65. The Morgan fingerprint density at radius 1 is 1.08 bits per heavy atom. The van der Waals surface area contributed by atoms with E-state index in [1.165, 1.54) is 12.7 Å². The summed E-state index contributed by atoms with van der Waals surface area (Å²) in [6, 6.07) is 16.5. The number of methoxy groups -OCH3 is 1. The molecule has 0 spiro atoms. The van der Waals surface area contributed by atoms with Crippen LogP contribution in [0, 0.1) is 0 Å². The van der Waals surface area contributed by atoms with Crippen molar-refractivity contribution < 1.29 is 9.53 Å². The normalized spacial score (nSPS) is 13.1. The Labute approximate surface area is 150 Å². The van der Waals surface area contributed by atoms with Gasteiger partial charge in [0.25, 0.3) is 0 Å². The summed E-state index contributed by atoms with van der Waals surface area (Å²) in [5, 5.41) is 3.07. The molecule has 0 amide bonds. The van der Waals surface area contributed by atoms with Crippen LogP contribution in [0.1, 0.15) is 17.5 Å². The maximum Gasteiger partial charge on any atom is 0.333 e. The summed E-state index contributed by atoms with van der Waals surface area (Å²) in [4.78, 5) is 16.6. The molecule has 1 heterocycles. The molecule has 0 saturated heterocycles. The van der Waals surface area contributed by atoms with E-state index in [0.29, 0.717) is 0 Å². The van der Waals surface area contributed by atoms with Crippen molar-refractivity contribution in [1.29, 1.82) is 0 Å². The highest BCUT2D eigenvalue weighted by atomic mass is 32.1. The monoisotopic (exact) mass is 347 g/mol. The number of rotatable bonds is 3. The maximum absolute atomic E-state index is 11.8. The number of esters is 1. The molecule has 0 radical (unpaired) electrons. The van der Waals surface area contributed by atoms with Crippen LogP contribution in [0.5, 0.6) is 0 Å². The zero-order chi connectivity index (χ0) is 17.2. The van der Waals surface area contributed by atoms with E-state index in [2.05, 4.69) is 35.7 Å². The molecule has 3 nitrogen and oxygen atoms in total. The zero-order valence-electron chi connectivity index (χ0n) is 13.9. The smallest absolute Gasteiger partial charge is 0.333 e. The highest BCUT2D eigenvalue weighted by Gasteiger charge is 2.17. The van der Waals surface area contributed by atoms with Crippen LogP contribution in [0.4, 0.5) is 0 Å². The van der Waals surface area contributed by atoms with Crippen LogP contribution in [-0.2, 0) is 16.0 Å². The van der Waals surface area contributed by atoms with Gasteiger partial charge in [-0.3, -0.25) is 0 Å². The molecule has 25 heavy (non-hydrogen) atoms. The van der Waals surface area contributed by atoms with Crippen LogP contribution in [-0.4, -0.2) is 18.1 Å². The van der Waals surface area contributed by atoms with Gasteiger partial charge in [0.2, 0.25) is 0 Å². The van der Waals surface area contributed by atoms with Crippen molar-refractivity contribution in [2.45, 2.75) is 12.8 Å². The second-order valence-corrected chi connectivity index (χ2v) is 6.84. The molecule has 0 bridgehead atoms. The van der Waals surface area contributed by atoms with Gasteiger partial charge in [0.15, 0.2) is 0 Å². The van der Waals surface area contributed by atoms with Crippen molar-refractivity contribution in [2.75, 3.05) is 7.11 Å². The predicted octanol–water partition coefficient (Wildman–Crippen LogP) is 4.98. The summed E-state index contributed by atoms with van der Waals surface area (Å²) in [7, 11) is 1.43. The molecule has 0 aliphatic heterocycles. The number of ether oxygens (including phenoxy) is 1. The Hall–Kier alpha value is -2.72. The molecule has 4 heteroatoms. The Morgan fingerprint density at radius 2 is 1.92 bits per heavy atom. The summed E-state index contributed by atoms with van der Waals surface area (Å²) >= 11 is 1.64. The standard InChI is InChI=1S/C21H17NO2S/c1-24-21(23)17-10-8-14-7-9-16(11-18(14)12-17)20-22-19(13-25-20)15-5-3-2-4-6-15/h2-7,9,11-13H,8,10H2,1H3. The van der Waals surface area contributed by atoms with Crippen molar-refractivity contribution in [3.05, 3.63) is 70.6 Å². The van der Waals surface area contributed by atoms with Crippen LogP contribution in [0.3, 0.4) is 0 Å². The van der Waals surface area contributed by atoms with E-state index in [4.69, 9.17) is 9.72 Å². The summed E-state index contributed by atoms with van der Waals surface area (Å²) in [6.07, 6.45) is 3.54. The molecule has 0 unspecified atom stereocenters. The summed E-state index contributed by atoms with van der Waals surface area (Å²) in [5.41, 5.74) is 6.27. The van der Waals surface area contributed by atoms with E-state index in [9.17, 15) is 4.79 Å². The Balaban J connectivity index is 1.68. The number of carbonyl (C=O) groups is 1. The third-order valence-corrected chi connectivity index (χ3v) is 5.30. The number of hydrogen-bond acceptors (Lipinski definition) is 4. The van der Waals surface area contributed by atoms with E-state index in [0.717, 1.165) is 45.8 Å². The first-order valence-electron chi connectivity index (χ1n) is 8.18. The average molecular weight is 347 g/mol. The van der Waals surface area contributed by atoms with Crippen LogP contribution in [0.25, 0.3) is 27.9 Å². The van der Waals surface area contributed by atoms with Gasteiger partial charge in [-0.1, -0.05) is 42.5 Å². The average Bonchev–Trinajstić information content (AvgIpc) is 3.17. The van der Waals surface area contributed by atoms with Gasteiger partial charge < -0.3 is 4.74 Å². The van der Waals surface area contributed by atoms with Gasteiger partial charge in [-0.2, -0.15) is 0 Å². The molecule has 0 N–H and O–H groups in total. The van der Waals surface area contributed by atoms with Crippen LogP contribution in [0.2, 0.25) is 0 Å². The fraction of sp³-hybridized carbons (Fsp3) is 0.143. The molecular formula is C21H17NO2S. The van der Waals surface area contributed by atoms with Gasteiger partial charge in [0.05, 0.1) is 12.8 Å². The quantitative estimate of drug-likeness (QED) is 0.627. The van der Waals surface area contributed by atoms with Crippen molar-refractivity contribution in [3.8, 4) is 21.8 Å². The first-order valence-corrected chi connectivity index (χ1v) is 9.06. The molecule has 1 aliphatic carbocycles. The van der Waals surface area contributed by atoms with Crippen LogP contribution in [0.15, 0.2) is 59.5 Å². The number of aryl methyl sites for hydroxylation is 1. The van der Waals surface area contributed by atoms with Crippen LogP contribution < -0.4 is 0 Å². The van der Waals surface area contributed by atoms with Gasteiger partial charge >= 0.3 is 5.97 Å². The molecule has 3 aromatic rings. The van der Waals surface area contributed by atoms with Gasteiger partial charge in [-0.15, -0.1) is 11.3 Å². The molecule has 124 valence electrons. The van der Waals surface area contributed by atoms with E-state index in [1.807, 2.05) is 24.3 Å². The minimum absolute atomic E-state index is 0.239. The lowest BCUT2D eigenvalue weighted by atomic mass is 9.91. The molecule has 2 aromatic carbocycles. The number of fused-ring (bicyclic) bond motifs is 1. The molecular weight excluding hydrogens is 330 g/mol. The van der Waals surface area contributed by atoms with E-state index in [-0.39, 0.29) is 5.97 Å². The van der Waals surface area contributed by atoms with Crippen molar-refractivity contribution in [1.82, 2.24) is 4.98 Å². The SMILES string of the molecule is COC(=O)C1=Cc2cc(-c3nc(-c4ccccc4)cs3)ccc2CC1. The largest absolute Gasteiger partial charge is 0.466 e. The van der Waals surface area contributed by atoms with E-state index in [1.54, 1.807) is 11.3 Å². The fourth-order valence-corrected chi connectivity index (χ4v) is 3.89. The van der Waals surface area contributed by atoms with Gasteiger partial charge in [0, 0.05) is 22.1 Å². The van der Waals surface area contributed by atoms with Crippen molar-refractivity contribution in [2.24, 2.45) is 0 Å². The molecule has 1 aliphatic rings. The number of nitrogens with zero attached hydrogens (tertiary/aromatic N) is 1. The number of hydrogen-bond donors (Lipinski definition) is 0. The molecule has 1 aromatic heterocycles. The lowest BCUT2D eigenvalue weighted by molar-refractivity contribution is -0.136. The lowest BCUT2D eigenvalue weighted by Gasteiger charge is -2.15. The van der Waals surface area contributed by atoms with E-state index < -0.39 is 0 Å². The minimum atomic E-state index is -0.239. The number of benzene rings is 2. The summed E-state index contributed by atoms with van der Waals surface area (Å²) < 4.78 is 4.85. The molecule has 0 fully saturated rings. The Kier molecular flexibility index (Phi) is 4.20. The summed E-state index contributed by atoms with van der Waals surface area (Å²) in [6.45, 7) is 0. The third kappa shape index (κ3) is 3.13. The molecule has 0 saturated carbocycles. The zero-order valence-corrected chi connectivity index (χ0v) is 14.7. The van der Waals surface area contributed by atoms with E-state index >= 15 is 0 Å². The summed E-state index contributed by atoms with van der Waals surface area (Å²) in [5.74, 6) is -0.239. The molecule has 0 atom stereocenters. The number of carbonyl (C=O) groups excluding carboxylic acids is 1. The highest BCUT2D eigenvalue weighted by molar-refractivity contribution is 7.13. The van der Waals surface area contributed by atoms with Gasteiger partial charge in [-0.05, 0) is 36.1 Å². The second-order valence-electron chi connectivity index (χ2n) is 5.98.